The molecule has 0 spiro atoms. The molecule has 224 valence electrons. The zero-order valence-corrected chi connectivity index (χ0v) is 26.3. The van der Waals surface area contributed by atoms with Crippen LogP contribution in [0.25, 0.3) is 0 Å². The van der Waals surface area contributed by atoms with Crippen LogP contribution in [0.4, 0.5) is 5.69 Å². The van der Waals surface area contributed by atoms with Gasteiger partial charge >= 0.3 is 0 Å². The molecule has 0 radical (unpaired) electrons. The molecule has 1 aliphatic rings. The minimum absolute atomic E-state index is 0.0224. The second kappa shape index (κ2) is 13.7. The Morgan fingerprint density at radius 2 is 1.64 bits per heavy atom. The lowest BCUT2D eigenvalue weighted by molar-refractivity contribution is -0.140. The largest absolute Gasteiger partial charge is 0.352 e. The molecule has 1 aliphatic carbocycles. The SMILES string of the molecule is CC[C@H](C(=O)NC1CCCC1)N(Cc1cccc(C)c1)C(=O)CN(c1ccc(C)c(C)c1)S(=O)(=O)c1ccc(Cl)cc1. The Kier molecular flexibility index (Phi) is 10.3. The van der Waals surface area contributed by atoms with Crippen LogP contribution in [0.3, 0.4) is 0 Å². The third-order valence-electron chi connectivity index (χ3n) is 7.98. The van der Waals surface area contributed by atoms with E-state index in [4.69, 9.17) is 11.6 Å². The number of amides is 2. The number of halogens is 1. The van der Waals surface area contributed by atoms with Crippen LogP contribution in [0.2, 0.25) is 5.02 Å². The maximum absolute atomic E-state index is 14.3. The lowest BCUT2D eigenvalue weighted by atomic mass is 10.1. The van der Waals surface area contributed by atoms with Crippen molar-refractivity contribution in [1.29, 1.82) is 0 Å². The van der Waals surface area contributed by atoms with Gasteiger partial charge in [-0.3, -0.25) is 13.9 Å². The topological polar surface area (TPSA) is 86.8 Å². The summed E-state index contributed by atoms with van der Waals surface area (Å²) in [4.78, 5) is 29.4. The summed E-state index contributed by atoms with van der Waals surface area (Å²) in [6, 6.07) is 18.3. The van der Waals surface area contributed by atoms with E-state index in [-0.39, 0.29) is 23.4 Å². The number of nitrogens with one attached hydrogen (secondary N) is 1. The summed E-state index contributed by atoms with van der Waals surface area (Å²) < 4.78 is 29.2. The predicted molar refractivity (Wildman–Crippen MR) is 168 cm³/mol. The van der Waals surface area contributed by atoms with Gasteiger partial charge in [0.1, 0.15) is 12.6 Å². The third-order valence-corrected chi connectivity index (χ3v) is 10.0. The Morgan fingerprint density at radius 1 is 0.952 bits per heavy atom. The number of carbonyl (C=O) groups excluding carboxylic acids is 2. The number of benzene rings is 3. The molecule has 3 aromatic carbocycles. The maximum atomic E-state index is 14.3. The number of sulfonamides is 1. The van der Waals surface area contributed by atoms with Crippen molar-refractivity contribution >= 4 is 39.1 Å². The van der Waals surface area contributed by atoms with E-state index >= 15 is 0 Å². The van der Waals surface area contributed by atoms with Crippen molar-refractivity contribution in [1.82, 2.24) is 10.2 Å². The molecular formula is C33H40ClN3O4S. The number of aryl methyl sites for hydroxylation is 3. The second-order valence-electron chi connectivity index (χ2n) is 11.2. The van der Waals surface area contributed by atoms with Gasteiger partial charge in [-0.25, -0.2) is 8.42 Å². The first-order valence-corrected chi connectivity index (χ1v) is 16.3. The van der Waals surface area contributed by atoms with E-state index in [1.54, 1.807) is 12.1 Å². The number of rotatable bonds is 11. The minimum atomic E-state index is -4.15. The van der Waals surface area contributed by atoms with E-state index in [1.807, 2.05) is 58.0 Å². The number of nitrogens with zero attached hydrogens (tertiary/aromatic N) is 2. The van der Waals surface area contributed by atoms with Crippen LogP contribution < -0.4 is 9.62 Å². The quantitative estimate of drug-likeness (QED) is 0.275. The summed E-state index contributed by atoms with van der Waals surface area (Å²) >= 11 is 6.04. The second-order valence-corrected chi connectivity index (χ2v) is 13.5. The van der Waals surface area contributed by atoms with E-state index in [0.29, 0.717) is 17.1 Å². The molecule has 0 bridgehead atoms. The smallest absolute Gasteiger partial charge is 0.264 e. The summed E-state index contributed by atoms with van der Waals surface area (Å²) in [5, 5.41) is 3.55. The molecule has 42 heavy (non-hydrogen) atoms. The average Bonchev–Trinajstić information content (AvgIpc) is 3.46. The van der Waals surface area contributed by atoms with Crippen molar-refractivity contribution in [3.05, 3.63) is 94.0 Å². The highest BCUT2D eigenvalue weighted by Crippen LogP contribution is 2.28. The molecule has 0 saturated heterocycles. The van der Waals surface area contributed by atoms with Crippen molar-refractivity contribution in [2.75, 3.05) is 10.8 Å². The van der Waals surface area contributed by atoms with Crippen molar-refractivity contribution in [2.24, 2.45) is 0 Å². The fraction of sp³-hybridized carbons (Fsp3) is 0.394. The average molecular weight is 610 g/mol. The van der Waals surface area contributed by atoms with Gasteiger partial charge in [-0.05, 0) is 93.1 Å². The van der Waals surface area contributed by atoms with Crippen molar-refractivity contribution in [3.63, 3.8) is 0 Å². The third kappa shape index (κ3) is 7.53. The Hall–Kier alpha value is -3.36. The first-order valence-electron chi connectivity index (χ1n) is 14.5. The van der Waals surface area contributed by atoms with E-state index in [1.165, 1.54) is 29.2 Å². The van der Waals surface area contributed by atoms with Crippen LogP contribution in [0.5, 0.6) is 0 Å². The highest BCUT2D eigenvalue weighted by molar-refractivity contribution is 7.92. The standard InChI is InChI=1S/C33H40ClN3O4S/c1-5-31(33(39)35-28-11-6-7-12-28)36(21-26-10-8-9-23(2)19-26)32(38)22-37(29-16-13-24(3)25(4)20-29)42(40,41)30-17-14-27(34)15-18-30/h8-10,13-20,28,31H,5-7,11-12,21-22H2,1-4H3,(H,35,39)/t31-/m1/s1. The van der Waals surface area contributed by atoms with Crippen LogP contribution in [0.15, 0.2) is 71.6 Å². The molecule has 7 nitrogen and oxygen atoms in total. The molecule has 1 saturated carbocycles. The van der Waals surface area contributed by atoms with Gasteiger partial charge in [0.05, 0.1) is 10.6 Å². The van der Waals surface area contributed by atoms with Crippen molar-refractivity contribution < 1.29 is 18.0 Å². The zero-order chi connectivity index (χ0) is 30.4. The number of hydrogen-bond acceptors (Lipinski definition) is 4. The van der Waals surface area contributed by atoms with Gasteiger partial charge in [-0.2, -0.15) is 0 Å². The van der Waals surface area contributed by atoms with Crippen LogP contribution in [-0.2, 0) is 26.2 Å². The molecule has 0 aliphatic heterocycles. The fourth-order valence-corrected chi connectivity index (χ4v) is 6.97. The molecule has 2 amide bonds. The Bertz CT molecular complexity index is 1520. The van der Waals surface area contributed by atoms with Gasteiger partial charge in [0.2, 0.25) is 11.8 Å². The number of hydrogen-bond donors (Lipinski definition) is 1. The molecule has 0 heterocycles. The molecule has 9 heteroatoms. The normalized spacial score (nSPS) is 14.4. The first-order chi connectivity index (χ1) is 20.0. The summed E-state index contributed by atoms with van der Waals surface area (Å²) in [5.74, 6) is -0.663. The van der Waals surface area contributed by atoms with E-state index < -0.39 is 28.5 Å². The monoisotopic (exact) mass is 609 g/mol. The lowest BCUT2D eigenvalue weighted by Gasteiger charge is -2.34. The molecule has 3 aromatic rings. The Labute approximate surface area is 254 Å². The van der Waals surface area contributed by atoms with E-state index in [2.05, 4.69) is 5.32 Å². The Balaban J connectivity index is 1.73. The predicted octanol–water partition coefficient (Wildman–Crippen LogP) is 6.33. The molecule has 4 rings (SSSR count). The van der Waals surface area contributed by atoms with Crippen molar-refractivity contribution in [2.45, 2.75) is 83.3 Å². The summed E-state index contributed by atoms with van der Waals surface area (Å²) in [5.41, 5.74) is 4.18. The van der Waals surface area contributed by atoms with E-state index in [9.17, 15) is 18.0 Å². The molecule has 1 N–H and O–H groups in total. The molecule has 1 fully saturated rings. The molecular weight excluding hydrogens is 570 g/mol. The van der Waals surface area contributed by atoms with Gasteiger partial charge < -0.3 is 10.2 Å². The summed E-state index contributed by atoms with van der Waals surface area (Å²) in [6.45, 7) is 7.41. The maximum Gasteiger partial charge on any atom is 0.264 e. The minimum Gasteiger partial charge on any atom is -0.352 e. The van der Waals surface area contributed by atoms with Gasteiger partial charge in [0.25, 0.3) is 10.0 Å². The molecule has 1 atom stereocenters. The van der Waals surface area contributed by atoms with Crippen LogP contribution in [0.1, 0.15) is 61.3 Å². The van der Waals surface area contributed by atoms with E-state index in [0.717, 1.165) is 52.2 Å². The molecule has 0 aromatic heterocycles. The van der Waals surface area contributed by atoms with Crippen LogP contribution in [-0.4, -0.2) is 43.8 Å². The van der Waals surface area contributed by atoms with Gasteiger partial charge in [-0.15, -0.1) is 0 Å². The Morgan fingerprint density at radius 3 is 2.26 bits per heavy atom. The lowest BCUT2D eigenvalue weighted by Crippen LogP contribution is -2.53. The van der Waals surface area contributed by atoms with Crippen LogP contribution >= 0.6 is 11.6 Å². The molecule has 0 unspecified atom stereocenters. The first kappa shape index (κ1) is 31.6. The number of anilines is 1. The fourth-order valence-electron chi connectivity index (χ4n) is 5.44. The van der Waals surface area contributed by atoms with Gasteiger partial charge in [-0.1, -0.05) is 67.3 Å². The van der Waals surface area contributed by atoms with Gasteiger partial charge in [0, 0.05) is 17.6 Å². The number of carbonyl (C=O) groups is 2. The summed E-state index contributed by atoms with van der Waals surface area (Å²) in [7, 11) is -4.15. The van der Waals surface area contributed by atoms with Gasteiger partial charge in [0.15, 0.2) is 0 Å². The van der Waals surface area contributed by atoms with Crippen LogP contribution in [0, 0.1) is 20.8 Å². The highest BCUT2D eigenvalue weighted by atomic mass is 35.5. The highest BCUT2D eigenvalue weighted by Gasteiger charge is 2.34. The zero-order valence-electron chi connectivity index (χ0n) is 24.8. The summed E-state index contributed by atoms with van der Waals surface area (Å²) in [6.07, 6.45) is 4.38. The van der Waals surface area contributed by atoms with Crippen molar-refractivity contribution in [3.8, 4) is 0 Å².